The van der Waals surface area contributed by atoms with Crippen molar-refractivity contribution >= 4 is 11.6 Å². The molecule has 0 aromatic heterocycles. The smallest absolute Gasteiger partial charge is 0.0479 e. The highest BCUT2D eigenvalue weighted by atomic mass is 35.5. The van der Waals surface area contributed by atoms with E-state index in [0.29, 0.717) is 17.8 Å². The van der Waals surface area contributed by atoms with Gasteiger partial charge in [-0.2, -0.15) is 0 Å². The molecule has 2 rings (SSSR count). The average molecular weight is 257 g/mol. The van der Waals surface area contributed by atoms with Crippen LogP contribution in [0.2, 0.25) is 0 Å². The Hall–Kier alpha value is -0.0100. The van der Waals surface area contributed by atoms with Crippen LogP contribution < -0.4 is 0 Å². The zero-order valence-electron chi connectivity index (χ0n) is 11.0. The van der Waals surface area contributed by atoms with E-state index in [1.165, 1.54) is 24.8 Å². The van der Waals surface area contributed by atoms with Crippen molar-refractivity contribution in [2.45, 2.75) is 44.9 Å². The second-order valence-electron chi connectivity index (χ2n) is 6.28. The lowest BCUT2D eigenvalue weighted by atomic mass is 9.71. The first kappa shape index (κ1) is 13.4. The highest BCUT2D eigenvalue weighted by molar-refractivity contribution is 6.21. The van der Waals surface area contributed by atoms with Crippen LogP contribution in [-0.4, -0.2) is 17.1 Å². The van der Waals surface area contributed by atoms with E-state index in [4.69, 9.17) is 11.6 Å². The van der Waals surface area contributed by atoms with Gasteiger partial charge in [0.25, 0.3) is 0 Å². The lowest BCUT2D eigenvalue weighted by Crippen LogP contribution is -2.35. The van der Waals surface area contributed by atoms with Crippen molar-refractivity contribution in [3.05, 3.63) is 12.2 Å². The van der Waals surface area contributed by atoms with Crippen LogP contribution in [0, 0.1) is 29.6 Å². The highest BCUT2D eigenvalue weighted by Crippen LogP contribution is 2.48. The number of hydrogen-bond acceptors (Lipinski definition) is 1. The van der Waals surface area contributed by atoms with Gasteiger partial charge in [-0.3, -0.25) is 0 Å². The molecule has 0 aromatic rings. The Morgan fingerprint density at radius 3 is 2.71 bits per heavy atom. The van der Waals surface area contributed by atoms with Crippen LogP contribution >= 0.6 is 11.6 Å². The zero-order chi connectivity index (χ0) is 12.6. The van der Waals surface area contributed by atoms with Gasteiger partial charge in [-0.1, -0.05) is 32.4 Å². The minimum absolute atomic E-state index is 0.127. The molecule has 2 aliphatic carbocycles. The van der Waals surface area contributed by atoms with Gasteiger partial charge in [-0.25, -0.2) is 0 Å². The molecule has 0 amide bonds. The number of aliphatic hydroxyl groups excluding tert-OH is 1. The summed E-state index contributed by atoms with van der Waals surface area (Å²) in [6.45, 7) is 8.94. The molecule has 2 saturated carbocycles. The molecule has 17 heavy (non-hydrogen) atoms. The van der Waals surface area contributed by atoms with E-state index in [0.717, 1.165) is 12.3 Å². The highest BCUT2D eigenvalue weighted by Gasteiger charge is 2.42. The van der Waals surface area contributed by atoms with Gasteiger partial charge in [0.2, 0.25) is 0 Å². The fraction of sp³-hybridized carbons (Fsp3) is 0.867. The summed E-state index contributed by atoms with van der Waals surface area (Å²) in [7, 11) is 0. The molecule has 0 saturated heterocycles. The summed E-state index contributed by atoms with van der Waals surface area (Å²) in [5.74, 6) is 2.64. The van der Waals surface area contributed by atoms with Crippen molar-refractivity contribution in [2.75, 3.05) is 6.61 Å². The van der Waals surface area contributed by atoms with Crippen molar-refractivity contribution in [3.8, 4) is 0 Å². The second-order valence-corrected chi connectivity index (χ2v) is 6.79. The first-order valence-corrected chi connectivity index (χ1v) is 7.40. The maximum atomic E-state index is 9.61. The van der Waals surface area contributed by atoms with Gasteiger partial charge in [-0.05, 0) is 42.9 Å². The molecule has 6 unspecified atom stereocenters. The van der Waals surface area contributed by atoms with Crippen LogP contribution in [0.5, 0.6) is 0 Å². The summed E-state index contributed by atoms with van der Waals surface area (Å²) < 4.78 is 0. The number of aliphatic hydroxyl groups is 1. The number of halogens is 1. The Morgan fingerprint density at radius 2 is 2.06 bits per heavy atom. The molecule has 2 fully saturated rings. The van der Waals surface area contributed by atoms with Crippen LogP contribution in [0.4, 0.5) is 0 Å². The van der Waals surface area contributed by atoms with Gasteiger partial charge in [0.15, 0.2) is 0 Å². The van der Waals surface area contributed by atoms with Crippen LogP contribution in [0.15, 0.2) is 12.2 Å². The Bertz CT molecular complexity index is 289. The van der Waals surface area contributed by atoms with Gasteiger partial charge in [0.1, 0.15) is 0 Å². The number of rotatable bonds is 1. The average Bonchev–Trinajstić information content (AvgIpc) is 2.38. The predicted octanol–water partition coefficient (Wildman–Crippen LogP) is 3.85. The Morgan fingerprint density at radius 1 is 1.35 bits per heavy atom. The summed E-state index contributed by atoms with van der Waals surface area (Å²) in [5, 5.41) is 9.73. The number of allylic oxidation sites excluding steroid dienone is 1. The standard InChI is InChI=1S/C15H25ClO/c1-9-4-5-12-7-10(2)11(3)14(8-17)15(16)13(12)6-9/h9,11-15,17H,2,4-8H2,1,3H3. The van der Waals surface area contributed by atoms with Crippen LogP contribution in [0.25, 0.3) is 0 Å². The molecule has 2 heteroatoms. The first-order chi connectivity index (χ1) is 8.04. The van der Waals surface area contributed by atoms with Crippen molar-refractivity contribution in [1.29, 1.82) is 0 Å². The third kappa shape index (κ3) is 2.56. The molecule has 0 aliphatic heterocycles. The zero-order valence-corrected chi connectivity index (χ0v) is 11.8. The minimum atomic E-state index is 0.127. The van der Waals surface area contributed by atoms with Gasteiger partial charge in [-0.15, -0.1) is 11.6 Å². The van der Waals surface area contributed by atoms with E-state index in [1.54, 1.807) is 0 Å². The topological polar surface area (TPSA) is 20.2 Å². The van der Waals surface area contributed by atoms with E-state index in [-0.39, 0.29) is 17.9 Å². The largest absolute Gasteiger partial charge is 0.396 e. The monoisotopic (exact) mass is 256 g/mol. The van der Waals surface area contributed by atoms with E-state index < -0.39 is 0 Å². The van der Waals surface area contributed by atoms with E-state index >= 15 is 0 Å². The van der Waals surface area contributed by atoms with Crippen LogP contribution in [0.1, 0.15) is 39.5 Å². The van der Waals surface area contributed by atoms with Gasteiger partial charge in [0.05, 0.1) is 0 Å². The normalized spacial score (nSPS) is 47.4. The molecule has 2 aliphatic rings. The molecule has 1 nitrogen and oxygen atoms in total. The lowest BCUT2D eigenvalue weighted by Gasteiger charge is -2.37. The third-order valence-corrected chi connectivity index (χ3v) is 5.80. The quantitative estimate of drug-likeness (QED) is 0.558. The molecular formula is C15H25ClO. The maximum Gasteiger partial charge on any atom is 0.0479 e. The Kier molecular flexibility index (Phi) is 4.20. The molecule has 0 bridgehead atoms. The SMILES string of the molecule is C=C1CC2CCC(C)CC2C(Cl)C(CO)C1C. The van der Waals surface area contributed by atoms with E-state index in [9.17, 15) is 5.11 Å². The number of fused-ring (bicyclic) bond motifs is 1. The maximum absolute atomic E-state index is 9.61. The summed E-state index contributed by atoms with van der Waals surface area (Å²) in [4.78, 5) is 0. The molecule has 6 atom stereocenters. The molecule has 98 valence electrons. The summed E-state index contributed by atoms with van der Waals surface area (Å²) >= 11 is 6.69. The van der Waals surface area contributed by atoms with E-state index in [1.807, 2.05) is 0 Å². The third-order valence-electron chi connectivity index (χ3n) is 5.15. The minimum Gasteiger partial charge on any atom is -0.396 e. The van der Waals surface area contributed by atoms with Gasteiger partial charge >= 0.3 is 0 Å². The van der Waals surface area contributed by atoms with Gasteiger partial charge in [0, 0.05) is 17.9 Å². The van der Waals surface area contributed by atoms with Crippen molar-refractivity contribution in [1.82, 2.24) is 0 Å². The molecule has 0 radical (unpaired) electrons. The molecule has 1 N–H and O–H groups in total. The molecule has 0 spiro atoms. The van der Waals surface area contributed by atoms with Crippen LogP contribution in [0.3, 0.4) is 0 Å². The summed E-state index contributed by atoms with van der Waals surface area (Å²) in [6.07, 6.45) is 4.97. The predicted molar refractivity (Wildman–Crippen MR) is 73.1 cm³/mol. The first-order valence-electron chi connectivity index (χ1n) is 6.97. The number of alkyl halides is 1. The Balaban J connectivity index is 2.22. The fourth-order valence-electron chi connectivity index (χ4n) is 3.81. The van der Waals surface area contributed by atoms with Crippen LogP contribution in [-0.2, 0) is 0 Å². The number of hydrogen-bond donors (Lipinski definition) is 1. The van der Waals surface area contributed by atoms with E-state index in [2.05, 4.69) is 20.4 Å². The second kappa shape index (κ2) is 5.32. The van der Waals surface area contributed by atoms with Crippen molar-refractivity contribution < 1.29 is 5.11 Å². The lowest BCUT2D eigenvalue weighted by molar-refractivity contribution is 0.137. The fourth-order valence-corrected chi connectivity index (χ4v) is 4.42. The molecule has 0 heterocycles. The molecule has 0 aromatic carbocycles. The Labute approximate surface area is 110 Å². The molecular weight excluding hydrogens is 232 g/mol. The van der Waals surface area contributed by atoms with Crippen molar-refractivity contribution in [3.63, 3.8) is 0 Å². The summed E-state index contributed by atoms with van der Waals surface area (Å²) in [5.41, 5.74) is 1.30. The van der Waals surface area contributed by atoms with Crippen molar-refractivity contribution in [2.24, 2.45) is 29.6 Å². The summed E-state index contributed by atoms with van der Waals surface area (Å²) in [6, 6.07) is 0. The van der Waals surface area contributed by atoms with Gasteiger partial charge < -0.3 is 5.11 Å².